The fourth-order valence-electron chi connectivity index (χ4n) is 2.69. The van der Waals surface area contributed by atoms with Gasteiger partial charge in [-0.2, -0.15) is 0 Å². The third-order valence-corrected chi connectivity index (χ3v) is 3.96. The van der Waals surface area contributed by atoms with Crippen LogP contribution in [0, 0.1) is 11.6 Å². The number of nitrogens with one attached hydrogen (secondary N) is 1. The number of hydrogen-bond donors (Lipinski definition) is 2. The number of anilines is 1. The molecule has 0 unspecified atom stereocenters. The summed E-state index contributed by atoms with van der Waals surface area (Å²) in [4.78, 5) is 20.9. The fraction of sp³-hybridized carbons (Fsp3) is 0. The zero-order chi connectivity index (χ0) is 20.4. The third kappa shape index (κ3) is 4.11. The average molecular weight is 393 g/mol. The van der Waals surface area contributed by atoms with Gasteiger partial charge in [0, 0.05) is 23.7 Å². The molecule has 0 atom stereocenters. The van der Waals surface area contributed by atoms with Crippen LogP contribution in [0.4, 0.5) is 20.3 Å². The molecule has 0 aliphatic carbocycles. The Bertz CT molecular complexity index is 1270. The number of phenols is 1. The van der Waals surface area contributed by atoms with Gasteiger partial charge >= 0.3 is 0 Å². The van der Waals surface area contributed by atoms with E-state index in [0.29, 0.717) is 17.3 Å². The van der Waals surface area contributed by atoms with Gasteiger partial charge in [-0.25, -0.2) is 18.8 Å². The molecule has 0 aliphatic heterocycles. The lowest BCUT2D eigenvalue weighted by molar-refractivity contribution is 0.102. The first-order chi connectivity index (χ1) is 14.0. The van der Waals surface area contributed by atoms with Gasteiger partial charge in [0.2, 0.25) is 5.55 Å². The molecule has 2 heterocycles. The molecule has 0 bridgehead atoms. The van der Waals surface area contributed by atoms with Crippen molar-refractivity contribution in [2.24, 2.45) is 4.99 Å². The smallest absolute Gasteiger partial charge is 0.262 e. The number of carbonyl (C=O) groups excluding carboxylic acids is 1. The van der Waals surface area contributed by atoms with Crippen LogP contribution in [-0.2, 0) is 0 Å². The van der Waals surface area contributed by atoms with E-state index in [9.17, 15) is 18.7 Å². The molecule has 4 aromatic rings. The van der Waals surface area contributed by atoms with Crippen LogP contribution in [0.3, 0.4) is 0 Å². The topological polar surface area (TPSA) is 87.7 Å². The van der Waals surface area contributed by atoms with Crippen molar-refractivity contribution >= 4 is 28.4 Å². The molecule has 2 aromatic heterocycles. The molecule has 0 spiro atoms. The molecule has 8 heteroatoms. The van der Waals surface area contributed by atoms with E-state index in [1.807, 2.05) is 0 Å². The lowest BCUT2D eigenvalue weighted by Gasteiger charge is -2.06. The molecule has 1 amide bonds. The Morgan fingerprint density at radius 3 is 2.55 bits per heavy atom. The number of aromatic hydroxyl groups is 1. The van der Waals surface area contributed by atoms with Crippen LogP contribution in [-0.4, -0.2) is 16.0 Å². The molecule has 0 fully saturated rings. The van der Waals surface area contributed by atoms with E-state index in [0.717, 1.165) is 12.1 Å². The summed E-state index contributed by atoms with van der Waals surface area (Å²) in [7, 11) is 0. The lowest BCUT2D eigenvalue weighted by Crippen LogP contribution is -2.22. The van der Waals surface area contributed by atoms with Crippen molar-refractivity contribution in [1.29, 1.82) is 0 Å². The summed E-state index contributed by atoms with van der Waals surface area (Å²) >= 11 is 0. The first-order valence-electron chi connectivity index (χ1n) is 8.48. The van der Waals surface area contributed by atoms with Gasteiger partial charge in [0.05, 0.1) is 5.69 Å². The molecular formula is C21H13F2N3O3. The number of amides is 1. The minimum absolute atomic E-state index is 0.0264. The second kappa shape index (κ2) is 7.51. The van der Waals surface area contributed by atoms with E-state index >= 15 is 0 Å². The van der Waals surface area contributed by atoms with Gasteiger partial charge in [-0.3, -0.25) is 4.79 Å². The average Bonchev–Trinajstić information content (AvgIpc) is 2.67. The van der Waals surface area contributed by atoms with Crippen molar-refractivity contribution in [3.05, 3.63) is 89.6 Å². The quantitative estimate of drug-likeness (QED) is 0.543. The van der Waals surface area contributed by atoms with Gasteiger partial charge in [-0.1, -0.05) is 6.07 Å². The maximum absolute atomic E-state index is 13.5. The summed E-state index contributed by atoms with van der Waals surface area (Å²) in [5.74, 6) is -1.94. The van der Waals surface area contributed by atoms with Crippen LogP contribution in [0.5, 0.6) is 5.75 Å². The number of pyridine rings is 1. The number of benzene rings is 2. The van der Waals surface area contributed by atoms with Gasteiger partial charge in [0.25, 0.3) is 5.91 Å². The molecule has 144 valence electrons. The fourth-order valence-corrected chi connectivity index (χ4v) is 2.69. The Balaban J connectivity index is 1.89. The predicted octanol–water partition coefficient (Wildman–Crippen LogP) is 4.30. The summed E-state index contributed by atoms with van der Waals surface area (Å²) in [5.41, 5.74) is 0.0210. The highest BCUT2D eigenvalue weighted by molar-refractivity contribution is 6.05. The maximum atomic E-state index is 13.5. The van der Waals surface area contributed by atoms with E-state index in [2.05, 4.69) is 15.3 Å². The Kier molecular flexibility index (Phi) is 4.74. The highest BCUT2D eigenvalue weighted by Crippen LogP contribution is 2.21. The molecule has 0 saturated heterocycles. The van der Waals surface area contributed by atoms with Gasteiger partial charge in [0.1, 0.15) is 34.3 Å². The van der Waals surface area contributed by atoms with Crippen molar-refractivity contribution in [3.63, 3.8) is 0 Å². The Morgan fingerprint density at radius 2 is 1.83 bits per heavy atom. The highest BCUT2D eigenvalue weighted by Gasteiger charge is 2.14. The lowest BCUT2D eigenvalue weighted by atomic mass is 10.1. The SMILES string of the molecule is O=C(Nc1ccccn1)c1cc2ccc(O)cc2oc1=Nc1cc(F)cc(F)c1. The summed E-state index contributed by atoms with van der Waals surface area (Å²) < 4.78 is 32.7. The monoisotopic (exact) mass is 393 g/mol. The second-order valence-corrected chi connectivity index (χ2v) is 6.10. The minimum Gasteiger partial charge on any atom is -0.508 e. The summed E-state index contributed by atoms with van der Waals surface area (Å²) in [6.07, 6.45) is 1.52. The van der Waals surface area contributed by atoms with Crippen LogP contribution in [0.15, 0.2) is 76.3 Å². The van der Waals surface area contributed by atoms with Crippen LogP contribution in [0.25, 0.3) is 11.0 Å². The second-order valence-electron chi connectivity index (χ2n) is 6.10. The molecule has 0 aliphatic rings. The summed E-state index contributed by atoms with van der Waals surface area (Å²) in [6.45, 7) is 0. The van der Waals surface area contributed by atoms with E-state index in [-0.39, 0.29) is 28.1 Å². The largest absolute Gasteiger partial charge is 0.508 e. The normalized spacial score (nSPS) is 11.6. The standard InChI is InChI=1S/C21H13F2N3O3/c22-13-8-14(23)10-15(9-13)25-21-17(20(28)26-19-3-1-2-6-24-19)7-12-4-5-16(27)11-18(12)29-21/h1-11,27H,(H,24,26,28). The van der Waals surface area contributed by atoms with Crippen LogP contribution in [0.1, 0.15) is 10.4 Å². The Labute approximate surface area is 162 Å². The molecular weight excluding hydrogens is 380 g/mol. The number of hydrogen-bond acceptors (Lipinski definition) is 5. The Hall–Kier alpha value is -4.07. The predicted molar refractivity (Wildman–Crippen MR) is 102 cm³/mol. The van der Waals surface area contributed by atoms with E-state index in [1.54, 1.807) is 24.3 Å². The van der Waals surface area contributed by atoms with Gasteiger partial charge < -0.3 is 14.8 Å². The number of phenolic OH excluding ortho intramolecular Hbond substituents is 1. The highest BCUT2D eigenvalue weighted by atomic mass is 19.1. The van der Waals surface area contributed by atoms with Crippen LogP contribution >= 0.6 is 0 Å². The van der Waals surface area contributed by atoms with Crippen molar-refractivity contribution < 1.29 is 23.1 Å². The molecule has 6 nitrogen and oxygen atoms in total. The minimum atomic E-state index is -0.818. The first-order valence-corrected chi connectivity index (χ1v) is 8.48. The van der Waals surface area contributed by atoms with Crippen molar-refractivity contribution in [3.8, 4) is 5.75 Å². The van der Waals surface area contributed by atoms with Crippen LogP contribution in [0.2, 0.25) is 0 Å². The maximum Gasteiger partial charge on any atom is 0.262 e. The van der Waals surface area contributed by atoms with Gasteiger partial charge in [-0.15, -0.1) is 0 Å². The van der Waals surface area contributed by atoms with Crippen LogP contribution < -0.4 is 10.9 Å². The number of fused-ring (bicyclic) bond motifs is 1. The number of halogens is 2. The number of aromatic nitrogens is 1. The molecule has 4 rings (SSSR count). The van der Waals surface area contributed by atoms with Gasteiger partial charge in [0.15, 0.2) is 0 Å². The third-order valence-electron chi connectivity index (χ3n) is 3.96. The molecule has 29 heavy (non-hydrogen) atoms. The zero-order valence-corrected chi connectivity index (χ0v) is 14.8. The van der Waals surface area contributed by atoms with E-state index in [4.69, 9.17) is 4.42 Å². The molecule has 0 radical (unpaired) electrons. The molecule has 2 N–H and O–H groups in total. The summed E-state index contributed by atoms with van der Waals surface area (Å²) in [5, 5.41) is 12.8. The first kappa shape index (κ1) is 18.3. The number of rotatable bonds is 3. The Morgan fingerprint density at radius 1 is 1.03 bits per heavy atom. The van der Waals surface area contributed by atoms with E-state index < -0.39 is 17.5 Å². The summed E-state index contributed by atoms with van der Waals surface area (Å²) in [6, 6.07) is 13.6. The number of carbonyl (C=O) groups is 1. The zero-order valence-electron chi connectivity index (χ0n) is 14.8. The molecule has 2 aromatic carbocycles. The van der Waals surface area contributed by atoms with Crippen molar-refractivity contribution in [2.45, 2.75) is 0 Å². The van der Waals surface area contributed by atoms with Gasteiger partial charge in [-0.05, 0) is 42.5 Å². The van der Waals surface area contributed by atoms with E-state index in [1.165, 1.54) is 24.4 Å². The number of nitrogens with zero attached hydrogens (tertiary/aromatic N) is 2. The van der Waals surface area contributed by atoms with Crippen molar-refractivity contribution in [1.82, 2.24) is 4.98 Å². The molecule has 0 saturated carbocycles. The van der Waals surface area contributed by atoms with Crippen molar-refractivity contribution in [2.75, 3.05) is 5.32 Å².